The predicted molar refractivity (Wildman–Crippen MR) is 155 cm³/mol. The summed E-state index contributed by atoms with van der Waals surface area (Å²) in [6, 6.07) is 16.1. The molecule has 0 N–H and O–H groups in total. The van der Waals surface area contributed by atoms with Crippen molar-refractivity contribution in [1.29, 1.82) is 0 Å². The van der Waals surface area contributed by atoms with Crippen LogP contribution in [0, 0.1) is 0 Å². The van der Waals surface area contributed by atoms with Gasteiger partial charge in [0.1, 0.15) is 18.1 Å². The van der Waals surface area contributed by atoms with Crippen LogP contribution in [0.3, 0.4) is 0 Å². The van der Waals surface area contributed by atoms with Gasteiger partial charge in [-0.15, -0.1) is 0 Å². The first-order valence-corrected chi connectivity index (χ1v) is 13.2. The molecular weight excluding hydrogens is 599 g/mol. The minimum absolute atomic E-state index is 0.228. The number of amides is 1. The van der Waals surface area contributed by atoms with Gasteiger partial charge in [-0.05, 0) is 79.3 Å². The van der Waals surface area contributed by atoms with Gasteiger partial charge in [0.2, 0.25) is 0 Å². The van der Waals surface area contributed by atoms with E-state index in [1.54, 1.807) is 49.4 Å². The minimum atomic E-state index is -0.236. The lowest BCUT2D eigenvalue weighted by Gasteiger charge is -2.17. The number of carbonyl (C=O) groups excluding carboxylic acids is 1. The molecule has 0 bridgehead atoms. The number of nitrogens with zero attached hydrogens (tertiary/aromatic N) is 2. The van der Waals surface area contributed by atoms with E-state index in [-0.39, 0.29) is 12.5 Å². The molecular formula is C27H23BrCl2N2O4S. The molecule has 3 aromatic rings. The van der Waals surface area contributed by atoms with Gasteiger partial charge >= 0.3 is 0 Å². The second-order valence-corrected chi connectivity index (χ2v) is 10.1. The summed E-state index contributed by atoms with van der Waals surface area (Å²) >= 11 is 21.4. The molecule has 1 heterocycles. The van der Waals surface area contributed by atoms with Crippen LogP contribution in [0.1, 0.15) is 18.1 Å². The van der Waals surface area contributed by atoms with Crippen molar-refractivity contribution in [3.05, 3.63) is 85.9 Å². The van der Waals surface area contributed by atoms with Crippen LogP contribution in [-0.4, -0.2) is 36.7 Å². The highest BCUT2D eigenvalue weighted by Crippen LogP contribution is 2.37. The van der Waals surface area contributed by atoms with Crippen LogP contribution < -0.4 is 19.1 Å². The standard InChI is InChI=1S/C27H23BrCl2N2O4S/c1-4-35-20-9-7-19(8-10-20)32-26(33)23(31(2)27(32)37)11-17-12-24(34-3)25(14-21(17)28)36-15-16-5-6-18(29)13-22(16)30/h5-14H,4,15H2,1-3H3/b23-11-. The number of methoxy groups -OCH3 is 1. The van der Waals surface area contributed by atoms with E-state index < -0.39 is 0 Å². The number of hydrogen-bond acceptors (Lipinski definition) is 5. The molecule has 192 valence electrons. The third-order valence-electron chi connectivity index (χ3n) is 5.64. The number of ether oxygens (including phenoxy) is 3. The third-order valence-corrected chi connectivity index (χ3v) is 7.37. The molecule has 0 aromatic heterocycles. The molecule has 1 amide bonds. The molecule has 1 saturated heterocycles. The largest absolute Gasteiger partial charge is 0.494 e. The Morgan fingerprint density at radius 2 is 1.76 bits per heavy atom. The highest BCUT2D eigenvalue weighted by molar-refractivity contribution is 9.10. The number of benzene rings is 3. The first-order chi connectivity index (χ1) is 17.7. The molecule has 0 aliphatic carbocycles. The molecule has 0 atom stereocenters. The van der Waals surface area contributed by atoms with Crippen molar-refractivity contribution in [2.45, 2.75) is 13.5 Å². The van der Waals surface area contributed by atoms with Crippen LogP contribution in [0.15, 0.2) is 64.8 Å². The van der Waals surface area contributed by atoms with E-state index in [2.05, 4.69) is 15.9 Å². The fraction of sp³-hybridized carbons (Fsp3) is 0.185. The zero-order chi connectivity index (χ0) is 26.7. The van der Waals surface area contributed by atoms with Gasteiger partial charge in [-0.25, -0.2) is 0 Å². The maximum absolute atomic E-state index is 13.4. The average Bonchev–Trinajstić information content (AvgIpc) is 3.08. The Morgan fingerprint density at radius 1 is 1.03 bits per heavy atom. The number of thiocarbonyl (C=S) groups is 1. The zero-order valence-corrected chi connectivity index (χ0v) is 24.2. The number of halogens is 3. The van der Waals surface area contributed by atoms with Gasteiger partial charge in [0.05, 0.1) is 19.4 Å². The van der Waals surface area contributed by atoms with Gasteiger partial charge in [0.15, 0.2) is 16.6 Å². The molecule has 10 heteroatoms. The molecule has 1 fully saturated rings. The summed E-state index contributed by atoms with van der Waals surface area (Å²) in [7, 11) is 3.32. The van der Waals surface area contributed by atoms with Crippen LogP contribution in [0.4, 0.5) is 5.69 Å². The van der Waals surface area contributed by atoms with Gasteiger partial charge in [0.25, 0.3) is 5.91 Å². The topological polar surface area (TPSA) is 51.2 Å². The molecule has 0 unspecified atom stereocenters. The molecule has 3 aromatic carbocycles. The van der Waals surface area contributed by atoms with Crippen molar-refractivity contribution >= 4 is 74.1 Å². The Morgan fingerprint density at radius 3 is 2.41 bits per heavy atom. The normalized spacial score (nSPS) is 14.5. The molecule has 4 rings (SSSR count). The lowest BCUT2D eigenvalue weighted by Crippen LogP contribution is -2.31. The van der Waals surface area contributed by atoms with E-state index in [0.717, 1.165) is 16.9 Å². The van der Waals surface area contributed by atoms with Crippen molar-refractivity contribution in [3.8, 4) is 17.2 Å². The Balaban J connectivity index is 1.59. The Labute approximate surface area is 239 Å². The van der Waals surface area contributed by atoms with Gasteiger partial charge in [-0.2, -0.15) is 0 Å². The molecule has 0 spiro atoms. The predicted octanol–water partition coefficient (Wildman–Crippen LogP) is 7.35. The zero-order valence-electron chi connectivity index (χ0n) is 20.3. The fourth-order valence-electron chi connectivity index (χ4n) is 3.72. The number of anilines is 1. The van der Waals surface area contributed by atoms with E-state index >= 15 is 0 Å². The molecule has 0 saturated carbocycles. The van der Waals surface area contributed by atoms with E-state index in [1.165, 1.54) is 4.90 Å². The average molecular weight is 622 g/mol. The van der Waals surface area contributed by atoms with Gasteiger partial charge in [0, 0.05) is 27.1 Å². The van der Waals surface area contributed by atoms with Crippen molar-refractivity contribution < 1.29 is 19.0 Å². The van der Waals surface area contributed by atoms with Crippen LogP contribution in [0.2, 0.25) is 10.0 Å². The maximum Gasteiger partial charge on any atom is 0.281 e. The van der Waals surface area contributed by atoms with Crippen molar-refractivity contribution in [3.63, 3.8) is 0 Å². The SMILES string of the molecule is CCOc1ccc(N2C(=O)/C(=C/c3cc(OC)c(OCc4ccc(Cl)cc4Cl)cc3Br)N(C)C2=S)cc1. The van der Waals surface area contributed by atoms with E-state index in [1.807, 2.05) is 37.3 Å². The Hall–Kier alpha value is -2.78. The number of rotatable bonds is 8. The van der Waals surface area contributed by atoms with E-state index in [0.29, 0.717) is 49.1 Å². The summed E-state index contributed by atoms with van der Waals surface area (Å²) in [6.45, 7) is 2.71. The van der Waals surface area contributed by atoms with Crippen LogP contribution >= 0.6 is 51.3 Å². The lowest BCUT2D eigenvalue weighted by molar-refractivity contribution is -0.114. The summed E-state index contributed by atoms with van der Waals surface area (Å²) in [5.41, 5.74) is 2.59. The smallest absolute Gasteiger partial charge is 0.281 e. The number of carbonyl (C=O) groups is 1. The fourth-order valence-corrected chi connectivity index (χ4v) is 4.90. The summed E-state index contributed by atoms with van der Waals surface area (Å²) in [5, 5.41) is 1.45. The van der Waals surface area contributed by atoms with Crippen molar-refractivity contribution in [2.75, 3.05) is 25.7 Å². The second kappa shape index (κ2) is 11.7. The molecule has 37 heavy (non-hydrogen) atoms. The van der Waals surface area contributed by atoms with Crippen LogP contribution in [-0.2, 0) is 11.4 Å². The molecule has 1 aliphatic heterocycles. The summed E-state index contributed by atoms with van der Waals surface area (Å²) in [5.74, 6) is 1.50. The second-order valence-electron chi connectivity index (χ2n) is 7.99. The maximum atomic E-state index is 13.4. The molecule has 1 aliphatic rings. The number of likely N-dealkylation sites (N-methyl/N-ethyl adjacent to an activating group) is 1. The Kier molecular flexibility index (Phi) is 8.64. The van der Waals surface area contributed by atoms with Crippen LogP contribution in [0.5, 0.6) is 17.2 Å². The van der Waals surface area contributed by atoms with E-state index in [4.69, 9.17) is 49.6 Å². The summed E-state index contributed by atoms with van der Waals surface area (Å²) in [4.78, 5) is 16.6. The highest BCUT2D eigenvalue weighted by atomic mass is 79.9. The van der Waals surface area contributed by atoms with Gasteiger partial charge in [-0.1, -0.05) is 45.2 Å². The van der Waals surface area contributed by atoms with Crippen LogP contribution in [0.25, 0.3) is 6.08 Å². The summed E-state index contributed by atoms with van der Waals surface area (Å²) in [6.07, 6.45) is 1.76. The Bertz CT molecular complexity index is 1380. The first-order valence-electron chi connectivity index (χ1n) is 11.2. The van der Waals surface area contributed by atoms with Crippen molar-refractivity contribution in [1.82, 2.24) is 4.90 Å². The molecule has 0 radical (unpaired) electrons. The van der Waals surface area contributed by atoms with Gasteiger partial charge < -0.3 is 19.1 Å². The monoisotopic (exact) mass is 620 g/mol. The van der Waals surface area contributed by atoms with Gasteiger partial charge in [-0.3, -0.25) is 9.69 Å². The lowest BCUT2D eigenvalue weighted by atomic mass is 10.1. The highest BCUT2D eigenvalue weighted by Gasteiger charge is 2.37. The number of hydrogen-bond donors (Lipinski definition) is 0. The van der Waals surface area contributed by atoms with E-state index in [9.17, 15) is 4.79 Å². The third kappa shape index (κ3) is 5.88. The van der Waals surface area contributed by atoms with Crippen molar-refractivity contribution in [2.24, 2.45) is 0 Å². The first kappa shape index (κ1) is 27.3. The summed E-state index contributed by atoms with van der Waals surface area (Å²) < 4.78 is 17.8. The minimum Gasteiger partial charge on any atom is -0.494 e. The molecule has 6 nitrogen and oxygen atoms in total. The quantitative estimate of drug-likeness (QED) is 0.194.